The fraction of sp³-hybridized carbons (Fsp3) is 0.250. The van der Waals surface area contributed by atoms with Crippen molar-refractivity contribution in [1.29, 1.82) is 0 Å². The second-order valence-corrected chi connectivity index (χ2v) is 7.15. The van der Waals surface area contributed by atoms with Crippen molar-refractivity contribution in [2.24, 2.45) is 0 Å². The molecule has 2 aromatic rings. The molecule has 4 nitrogen and oxygen atoms in total. The number of anilines is 2. The Labute approximate surface area is 125 Å². The normalized spacial score (nSPS) is 14.0. The molecule has 5 heteroatoms. The molecule has 0 fully saturated rings. The average Bonchev–Trinajstić information content (AvgIpc) is 2.89. The Morgan fingerprint density at radius 1 is 1.05 bits per heavy atom. The Kier molecular flexibility index (Phi) is 3.37. The first-order valence-electron chi connectivity index (χ1n) is 6.96. The van der Waals surface area contributed by atoms with Crippen LogP contribution >= 0.6 is 0 Å². The number of sulfonamides is 1. The molecule has 0 saturated heterocycles. The third-order valence-corrected chi connectivity index (χ3v) is 5.24. The fourth-order valence-electron chi connectivity index (χ4n) is 2.72. The third kappa shape index (κ3) is 2.74. The summed E-state index contributed by atoms with van der Waals surface area (Å²) in [5, 5.41) is 0. The molecule has 0 aliphatic heterocycles. The third-order valence-electron chi connectivity index (χ3n) is 3.88. The van der Waals surface area contributed by atoms with Crippen LogP contribution in [0.5, 0.6) is 0 Å². The van der Waals surface area contributed by atoms with E-state index in [0.29, 0.717) is 16.3 Å². The molecule has 21 heavy (non-hydrogen) atoms. The largest absolute Gasteiger partial charge is 0.399 e. The first-order chi connectivity index (χ1) is 9.95. The number of aryl methyl sites for hydroxylation is 3. The predicted octanol–water partition coefficient (Wildman–Crippen LogP) is 2.87. The van der Waals surface area contributed by atoms with Crippen molar-refractivity contribution in [3.05, 3.63) is 53.1 Å². The van der Waals surface area contributed by atoms with Gasteiger partial charge in [-0.15, -0.1) is 0 Å². The van der Waals surface area contributed by atoms with Crippen LogP contribution in [0.4, 0.5) is 11.4 Å². The van der Waals surface area contributed by atoms with E-state index < -0.39 is 10.0 Å². The van der Waals surface area contributed by atoms with Gasteiger partial charge < -0.3 is 5.73 Å². The molecule has 1 aliphatic carbocycles. The molecular weight excluding hydrogens is 284 g/mol. The van der Waals surface area contributed by atoms with Gasteiger partial charge in [0, 0.05) is 5.69 Å². The van der Waals surface area contributed by atoms with Crippen molar-refractivity contribution < 1.29 is 8.42 Å². The Balaban J connectivity index is 1.93. The van der Waals surface area contributed by atoms with Gasteiger partial charge in [0.1, 0.15) is 0 Å². The molecule has 0 bridgehead atoms. The highest BCUT2D eigenvalue weighted by atomic mass is 32.2. The number of hydrogen-bond donors (Lipinski definition) is 2. The van der Waals surface area contributed by atoms with Gasteiger partial charge in [0.05, 0.1) is 10.6 Å². The van der Waals surface area contributed by atoms with Crippen molar-refractivity contribution in [2.75, 3.05) is 10.5 Å². The van der Waals surface area contributed by atoms with Crippen LogP contribution in [0.25, 0.3) is 0 Å². The van der Waals surface area contributed by atoms with E-state index in [4.69, 9.17) is 5.73 Å². The van der Waals surface area contributed by atoms with E-state index in [1.165, 1.54) is 5.56 Å². The van der Waals surface area contributed by atoms with E-state index in [9.17, 15) is 8.42 Å². The Morgan fingerprint density at radius 2 is 1.81 bits per heavy atom. The van der Waals surface area contributed by atoms with Gasteiger partial charge in [-0.25, -0.2) is 8.42 Å². The van der Waals surface area contributed by atoms with Gasteiger partial charge in [-0.3, -0.25) is 4.72 Å². The Bertz CT molecular complexity index is 798. The number of benzene rings is 2. The summed E-state index contributed by atoms with van der Waals surface area (Å²) in [5.74, 6) is 0. The molecule has 0 heterocycles. The molecule has 3 N–H and O–H groups in total. The topological polar surface area (TPSA) is 72.2 Å². The number of nitrogen functional groups attached to an aromatic ring is 1. The van der Waals surface area contributed by atoms with E-state index in [1.807, 2.05) is 13.0 Å². The molecule has 2 aromatic carbocycles. The molecule has 110 valence electrons. The second kappa shape index (κ2) is 5.07. The van der Waals surface area contributed by atoms with Crippen LogP contribution in [-0.2, 0) is 22.9 Å². The van der Waals surface area contributed by atoms with Gasteiger partial charge >= 0.3 is 0 Å². The lowest BCUT2D eigenvalue weighted by Gasteiger charge is -2.12. The maximum absolute atomic E-state index is 12.5. The summed E-state index contributed by atoms with van der Waals surface area (Å²) in [6.07, 6.45) is 3.10. The minimum atomic E-state index is -3.56. The van der Waals surface area contributed by atoms with E-state index in [2.05, 4.69) is 4.72 Å². The van der Waals surface area contributed by atoms with Crippen LogP contribution in [0.2, 0.25) is 0 Å². The van der Waals surface area contributed by atoms with E-state index in [-0.39, 0.29) is 0 Å². The van der Waals surface area contributed by atoms with Crippen LogP contribution in [0.15, 0.2) is 41.3 Å². The van der Waals surface area contributed by atoms with Gasteiger partial charge in [0.15, 0.2) is 0 Å². The molecule has 0 radical (unpaired) electrons. The molecule has 0 aromatic heterocycles. The highest BCUT2D eigenvalue weighted by Crippen LogP contribution is 2.26. The summed E-state index contributed by atoms with van der Waals surface area (Å²) in [4.78, 5) is 0.319. The van der Waals surface area contributed by atoms with Gasteiger partial charge in [0.25, 0.3) is 10.0 Å². The standard InChI is InChI=1S/C16H18N2O2S/c1-11-9-14(17)6-8-16(11)18-21(19,20)15-7-5-12-3-2-4-13(12)10-15/h5-10,18H,2-4,17H2,1H3. The monoisotopic (exact) mass is 302 g/mol. The SMILES string of the molecule is Cc1cc(N)ccc1NS(=O)(=O)c1ccc2c(c1)CCC2. The summed E-state index contributed by atoms with van der Waals surface area (Å²) < 4.78 is 27.6. The number of fused-ring (bicyclic) bond motifs is 1. The minimum Gasteiger partial charge on any atom is -0.399 e. The molecular formula is C16H18N2O2S. The van der Waals surface area contributed by atoms with Crippen molar-refractivity contribution in [3.63, 3.8) is 0 Å². The molecule has 0 saturated carbocycles. The number of nitrogens with one attached hydrogen (secondary N) is 1. The Morgan fingerprint density at radius 3 is 2.57 bits per heavy atom. The number of nitrogens with two attached hydrogens (primary N) is 1. The minimum absolute atomic E-state index is 0.319. The van der Waals surface area contributed by atoms with Gasteiger partial charge in [-0.1, -0.05) is 6.07 Å². The van der Waals surface area contributed by atoms with Gasteiger partial charge in [-0.2, -0.15) is 0 Å². The molecule has 3 rings (SSSR count). The number of rotatable bonds is 3. The zero-order chi connectivity index (χ0) is 15.0. The van der Waals surface area contributed by atoms with Crippen molar-refractivity contribution in [3.8, 4) is 0 Å². The Hall–Kier alpha value is -2.01. The fourth-order valence-corrected chi connectivity index (χ4v) is 3.90. The molecule has 1 aliphatic rings. The van der Waals surface area contributed by atoms with Crippen LogP contribution in [0.3, 0.4) is 0 Å². The summed E-state index contributed by atoms with van der Waals surface area (Å²) in [5.41, 5.74) is 10.1. The summed E-state index contributed by atoms with van der Waals surface area (Å²) in [6.45, 7) is 1.83. The predicted molar refractivity (Wildman–Crippen MR) is 84.9 cm³/mol. The van der Waals surface area contributed by atoms with E-state index in [0.717, 1.165) is 30.4 Å². The lowest BCUT2D eigenvalue weighted by atomic mass is 10.1. The summed E-state index contributed by atoms with van der Waals surface area (Å²) in [7, 11) is -3.56. The highest BCUT2D eigenvalue weighted by molar-refractivity contribution is 7.92. The zero-order valence-electron chi connectivity index (χ0n) is 11.9. The van der Waals surface area contributed by atoms with Crippen LogP contribution in [0.1, 0.15) is 23.1 Å². The van der Waals surface area contributed by atoms with Gasteiger partial charge in [0.2, 0.25) is 0 Å². The van der Waals surface area contributed by atoms with Crippen LogP contribution < -0.4 is 10.5 Å². The lowest BCUT2D eigenvalue weighted by Crippen LogP contribution is -2.14. The van der Waals surface area contributed by atoms with Crippen molar-refractivity contribution in [1.82, 2.24) is 0 Å². The van der Waals surface area contributed by atoms with Crippen molar-refractivity contribution in [2.45, 2.75) is 31.1 Å². The second-order valence-electron chi connectivity index (χ2n) is 5.46. The summed E-state index contributed by atoms with van der Waals surface area (Å²) in [6, 6.07) is 10.5. The van der Waals surface area contributed by atoms with E-state index >= 15 is 0 Å². The highest BCUT2D eigenvalue weighted by Gasteiger charge is 2.19. The quantitative estimate of drug-likeness (QED) is 0.856. The summed E-state index contributed by atoms with van der Waals surface area (Å²) >= 11 is 0. The van der Waals surface area contributed by atoms with Gasteiger partial charge in [-0.05, 0) is 73.2 Å². The molecule has 0 spiro atoms. The number of hydrogen-bond acceptors (Lipinski definition) is 3. The lowest BCUT2D eigenvalue weighted by molar-refractivity contribution is 0.601. The maximum Gasteiger partial charge on any atom is 0.261 e. The van der Waals surface area contributed by atoms with Crippen LogP contribution in [-0.4, -0.2) is 8.42 Å². The molecule has 0 unspecified atom stereocenters. The maximum atomic E-state index is 12.5. The first kappa shape index (κ1) is 13.9. The first-order valence-corrected chi connectivity index (χ1v) is 8.45. The smallest absolute Gasteiger partial charge is 0.261 e. The molecule has 0 amide bonds. The molecule has 0 atom stereocenters. The van der Waals surface area contributed by atoms with E-state index in [1.54, 1.807) is 30.3 Å². The zero-order valence-corrected chi connectivity index (χ0v) is 12.7. The average molecular weight is 302 g/mol. The van der Waals surface area contributed by atoms with Crippen LogP contribution in [0, 0.1) is 6.92 Å². The van der Waals surface area contributed by atoms with Crippen molar-refractivity contribution >= 4 is 21.4 Å².